The van der Waals surface area contributed by atoms with Crippen molar-refractivity contribution in [2.75, 3.05) is 31.2 Å². The normalized spacial score (nSPS) is 14.4. The molecule has 5 aromatic rings. The number of aromatic amines is 1. The van der Waals surface area contributed by atoms with Crippen LogP contribution < -0.4 is 4.90 Å². The van der Waals surface area contributed by atoms with Crippen molar-refractivity contribution in [2.45, 2.75) is 0 Å². The lowest BCUT2D eigenvalue weighted by Crippen LogP contribution is -2.36. The number of rotatable bonds is 3. The summed E-state index contributed by atoms with van der Waals surface area (Å²) in [5.41, 5.74) is 7.62. The molecule has 2 aromatic carbocycles. The van der Waals surface area contributed by atoms with E-state index in [1.54, 1.807) is 0 Å². The average Bonchev–Trinajstić information content (AvgIpc) is 3.32. The lowest BCUT2D eigenvalue weighted by Gasteiger charge is -2.28. The van der Waals surface area contributed by atoms with Crippen LogP contribution in [-0.2, 0) is 4.74 Å². The van der Waals surface area contributed by atoms with Crippen LogP contribution in [0.15, 0.2) is 79.3 Å². The molecule has 3 aromatic heterocycles. The summed E-state index contributed by atoms with van der Waals surface area (Å²) >= 11 is 0. The van der Waals surface area contributed by atoms with Gasteiger partial charge in [-0.05, 0) is 48.0 Å². The Morgan fingerprint density at radius 3 is 2.42 bits per heavy atom. The maximum Gasteiger partial charge on any atom is 0.0739 e. The zero-order valence-corrected chi connectivity index (χ0v) is 17.1. The summed E-state index contributed by atoms with van der Waals surface area (Å²) in [5, 5.41) is 2.23. The Morgan fingerprint density at radius 2 is 1.55 bits per heavy atom. The van der Waals surface area contributed by atoms with Gasteiger partial charge in [0, 0.05) is 64.8 Å². The standard InChI is InChI=1S/C26H22N4O/c1-4-23(30-9-11-31-12-10-30)5-2-18(1)21-14-22-17-29-25(15-26(22)28-16-21)19-3-6-24-20(13-19)7-8-27-24/h1-8,13-17,27H,9-12H2. The van der Waals surface area contributed by atoms with Gasteiger partial charge in [0.2, 0.25) is 0 Å². The minimum absolute atomic E-state index is 0.796. The minimum atomic E-state index is 0.796. The highest BCUT2D eigenvalue weighted by molar-refractivity contribution is 5.88. The van der Waals surface area contributed by atoms with E-state index in [9.17, 15) is 0 Å². The van der Waals surface area contributed by atoms with Crippen molar-refractivity contribution in [3.63, 3.8) is 0 Å². The van der Waals surface area contributed by atoms with Crippen molar-refractivity contribution < 1.29 is 4.74 Å². The highest BCUT2D eigenvalue weighted by atomic mass is 16.5. The largest absolute Gasteiger partial charge is 0.378 e. The molecule has 0 atom stereocenters. The molecule has 1 N–H and O–H groups in total. The van der Waals surface area contributed by atoms with Crippen LogP contribution in [0.25, 0.3) is 44.2 Å². The Morgan fingerprint density at radius 1 is 0.742 bits per heavy atom. The molecule has 0 bridgehead atoms. The van der Waals surface area contributed by atoms with E-state index in [2.05, 4.69) is 70.5 Å². The van der Waals surface area contributed by atoms with Gasteiger partial charge in [0.1, 0.15) is 0 Å². The minimum Gasteiger partial charge on any atom is -0.378 e. The first-order chi connectivity index (χ1) is 15.3. The quantitative estimate of drug-likeness (QED) is 0.443. The zero-order chi connectivity index (χ0) is 20.6. The summed E-state index contributed by atoms with van der Waals surface area (Å²) < 4.78 is 5.45. The highest BCUT2D eigenvalue weighted by Crippen LogP contribution is 2.28. The van der Waals surface area contributed by atoms with Crippen molar-refractivity contribution in [2.24, 2.45) is 0 Å². The third kappa shape index (κ3) is 3.43. The van der Waals surface area contributed by atoms with E-state index in [4.69, 9.17) is 14.7 Å². The maximum absolute atomic E-state index is 5.45. The van der Waals surface area contributed by atoms with Gasteiger partial charge in [-0.1, -0.05) is 18.2 Å². The fraction of sp³-hybridized carbons (Fsp3) is 0.154. The number of morpholine rings is 1. The number of anilines is 1. The molecule has 0 spiro atoms. The van der Waals surface area contributed by atoms with Gasteiger partial charge in [-0.3, -0.25) is 9.97 Å². The van der Waals surface area contributed by atoms with Crippen LogP contribution >= 0.6 is 0 Å². The first-order valence-corrected chi connectivity index (χ1v) is 10.6. The summed E-state index contributed by atoms with van der Waals surface area (Å²) in [6.07, 6.45) is 5.83. The zero-order valence-electron chi connectivity index (χ0n) is 17.1. The van der Waals surface area contributed by atoms with Gasteiger partial charge in [0.05, 0.1) is 24.4 Å². The molecule has 5 heteroatoms. The lowest BCUT2D eigenvalue weighted by atomic mass is 10.0. The number of nitrogens with one attached hydrogen (secondary N) is 1. The second-order valence-corrected chi connectivity index (χ2v) is 7.91. The fourth-order valence-electron chi connectivity index (χ4n) is 4.24. The number of hydrogen-bond acceptors (Lipinski definition) is 4. The van der Waals surface area contributed by atoms with Gasteiger partial charge in [-0.25, -0.2) is 0 Å². The van der Waals surface area contributed by atoms with Crippen LogP contribution in [0.5, 0.6) is 0 Å². The number of fused-ring (bicyclic) bond motifs is 2. The first-order valence-electron chi connectivity index (χ1n) is 10.6. The molecule has 4 heterocycles. The van der Waals surface area contributed by atoms with Crippen LogP contribution in [0.2, 0.25) is 0 Å². The number of nitrogens with zero attached hydrogens (tertiary/aromatic N) is 3. The monoisotopic (exact) mass is 406 g/mol. The molecule has 0 amide bonds. The van der Waals surface area contributed by atoms with Crippen molar-refractivity contribution in [1.82, 2.24) is 15.0 Å². The van der Waals surface area contributed by atoms with E-state index >= 15 is 0 Å². The third-order valence-corrected chi connectivity index (χ3v) is 5.99. The number of ether oxygens (including phenoxy) is 1. The van der Waals surface area contributed by atoms with Gasteiger partial charge < -0.3 is 14.6 Å². The molecule has 1 saturated heterocycles. The maximum atomic E-state index is 5.45. The predicted molar refractivity (Wildman–Crippen MR) is 125 cm³/mol. The number of H-pyrrole nitrogens is 1. The van der Waals surface area contributed by atoms with E-state index in [0.29, 0.717) is 0 Å². The Labute approximate surface area is 180 Å². The van der Waals surface area contributed by atoms with Crippen molar-refractivity contribution in [3.8, 4) is 22.4 Å². The molecule has 152 valence electrons. The Balaban J connectivity index is 1.30. The van der Waals surface area contributed by atoms with Gasteiger partial charge >= 0.3 is 0 Å². The van der Waals surface area contributed by atoms with Gasteiger partial charge in [0.15, 0.2) is 0 Å². The van der Waals surface area contributed by atoms with Gasteiger partial charge in [0.25, 0.3) is 0 Å². The van der Waals surface area contributed by atoms with Crippen molar-refractivity contribution in [1.29, 1.82) is 0 Å². The van der Waals surface area contributed by atoms with Crippen LogP contribution in [-0.4, -0.2) is 41.3 Å². The summed E-state index contributed by atoms with van der Waals surface area (Å²) in [6.45, 7) is 3.48. The van der Waals surface area contributed by atoms with Crippen LogP contribution in [0, 0.1) is 0 Å². The Hall–Kier alpha value is -3.70. The molecule has 6 rings (SSSR count). The SMILES string of the molecule is c1cc2cc(-c3cc4ncc(-c5ccc(N6CCOCC6)cc5)cc4cn3)ccc2[nH]1. The number of aromatic nitrogens is 3. The van der Waals surface area contributed by atoms with E-state index in [1.807, 2.05) is 18.6 Å². The molecular weight excluding hydrogens is 384 g/mol. The molecule has 0 saturated carbocycles. The first kappa shape index (κ1) is 18.1. The predicted octanol–water partition coefficient (Wildman–Crippen LogP) is 5.28. The number of benzene rings is 2. The van der Waals surface area contributed by atoms with Crippen LogP contribution in [0.4, 0.5) is 5.69 Å². The smallest absolute Gasteiger partial charge is 0.0739 e. The van der Waals surface area contributed by atoms with Crippen LogP contribution in [0.3, 0.4) is 0 Å². The second kappa shape index (κ2) is 7.52. The van der Waals surface area contributed by atoms with Crippen molar-refractivity contribution in [3.05, 3.63) is 79.3 Å². The highest BCUT2D eigenvalue weighted by Gasteiger charge is 2.11. The molecule has 0 aliphatic carbocycles. The lowest BCUT2D eigenvalue weighted by molar-refractivity contribution is 0.122. The third-order valence-electron chi connectivity index (χ3n) is 5.99. The number of pyridine rings is 2. The molecule has 0 unspecified atom stereocenters. The molecule has 5 nitrogen and oxygen atoms in total. The van der Waals surface area contributed by atoms with E-state index in [1.165, 1.54) is 11.1 Å². The van der Waals surface area contributed by atoms with Crippen molar-refractivity contribution >= 4 is 27.5 Å². The van der Waals surface area contributed by atoms with E-state index in [0.717, 1.165) is 65.1 Å². The van der Waals surface area contributed by atoms with Crippen LogP contribution in [0.1, 0.15) is 0 Å². The molecule has 31 heavy (non-hydrogen) atoms. The van der Waals surface area contributed by atoms with E-state index < -0.39 is 0 Å². The second-order valence-electron chi connectivity index (χ2n) is 7.91. The summed E-state index contributed by atoms with van der Waals surface area (Å²) in [6, 6.07) is 21.4. The number of hydrogen-bond donors (Lipinski definition) is 1. The Bertz CT molecular complexity index is 1370. The summed E-state index contributed by atoms with van der Waals surface area (Å²) in [4.78, 5) is 15.0. The van der Waals surface area contributed by atoms with E-state index in [-0.39, 0.29) is 0 Å². The molecule has 1 fully saturated rings. The molecule has 0 radical (unpaired) electrons. The summed E-state index contributed by atoms with van der Waals surface area (Å²) in [5.74, 6) is 0. The Kier molecular flexibility index (Phi) is 4.39. The average molecular weight is 406 g/mol. The fourth-order valence-corrected chi connectivity index (χ4v) is 4.24. The molecule has 1 aliphatic rings. The van der Waals surface area contributed by atoms with Gasteiger partial charge in [-0.15, -0.1) is 0 Å². The molecular formula is C26H22N4O. The molecule has 1 aliphatic heterocycles. The van der Waals surface area contributed by atoms with Gasteiger partial charge in [-0.2, -0.15) is 0 Å². The topological polar surface area (TPSA) is 54.0 Å². The summed E-state index contributed by atoms with van der Waals surface area (Å²) in [7, 11) is 0.